The first kappa shape index (κ1) is 15.0. The average molecular weight is 319 g/mol. The van der Waals surface area contributed by atoms with Gasteiger partial charge >= 0.3 is 5.97 Å². The molecule has 1 unspecified atom stereocenters. The summed E-state index contributed by atoms with van der Waals surface area (Å²) >= 11 is 1.54. The molecule has 0 bridgehead atoms. The first-order chi connectivity index (χ1) is 10.6. The van der Waals surface area contributed by atoms with E-state index >= 15 is 0 Å². The average Bonchev–Trinajstić information content (AvgIpc) is 2.89. The van der Waals surface area contributed by atoms with Gasteiger partial charge in [-0.1, -0.05) is 12.1 Å². The van der Waals surface area contributed by atoms with Crippen LogP contribution >= 0.6 is 11.3 Å². The highest BCUT2D eigenvalue weighted by molar-refractivity contribution is 7.17. The highest BCUT2D eigenvalue weighted by Crippen LogP contribution is 2.29. The summed E-state index contributed by atoms with van der Waals surface area (Å²) in [7, 11) is 0. The Balaban J connectivity index is 1.91. The molecule has 1 aliphatic rings. The minimum absolute atomic E-state index is 0.0904. The van der Waals surface area contributed by atoms with Crippen LogP contribution in [0.2, 0.25) is 0 Å². The van der Waals surface area contributed by atoms with Gasteiger partial charge in [-0.2, -0.15) is 0 Å². The fourth-order valence-electron chi connectivity index (χ4n) is 2.75. The number of morpholine rings is 1. The van der Waals surface area contributed by atoms with Gasteiger partial charge in [-0.05, 0) is 18.6 Å². The van der Waals surface area contributed by atoms with Crippen LogP contribution in [0.5, 0.6) is 0 Å². The Morgan fingerprint density at radius 3 is 3.05 bits per heavy atom. The van der Waals surface area contributed by atoms with Crippen molar-refractivity contribution in [2.75, 3.05) is 19.8 Å². The molecule has 1 saturated heterocycles. The topological polar surface area (TPSA) is 66.8 Å². The lowest BCUT2D eigenvalue weighted by Gasteiger charge is -2.34. The molecule has 5 nitrogen and oxygen atoms in total. The number of aliphatic carboxylic acids is 1. The quantitative estimate of drug-likeness (QED) is 0.944. The largest absolute Gasteiger partial charge is 0.481 e. The van der Waals surface area contributed by atoms with E-state index in [0.717, 1.165) is 15.6 Å². The predicted octanol–water partition coefficient (Wildman–Crippen LogP) is 2.53. The van der Waals surface area contributed by atoms with Crippen LogP contribution in [0.25, 0.3) is 10.1 Å². The molecule has 1 aromatic carbocycles. The van der Waals surface area contributed by atoms with Crippen molar-refractivity contribution in [3.63, 3.8) is 0 Å². The van der Waals surface area contributed by atoms with Crippen molar-refractivity contribution in [1.82, 2.24) is 4.90 Å². The molecule has 3 rings (SSSR count). The van der Waals surface area contributed by atoms with E-state index in [0.29, 0.717) is 18.7 Å². The molecule has 1 atom stereocenters. The number of fused-ring (bicyclic) bond motifs is 1. The number of carboxylic acids is 1. The van der Waals surface area contributed by atoms with E-state index in [-0.39, 0.29) is 18.9 Å². The smallest absolute Gasteiger partial charge is 0.305 e. The lowest BCUT2D eigenvalue weighted by molar-refractivity contribution is -0.139. The number of ether oxygens (including phenoxy) is 1. The third-order valence-electron chi connectivity index (χ3n) is 3.86. The minimum Gasteiger partial charge on any atom is -0.481 e. The van der Waals surface area contributed by atoms with Gasteiger partial charge in [-0.25, -0.2) is 0 Å². The van der Waals surface area contributed by atoms with E-state index in [1.54, 1.807) is 16.2 Å². The third kappa shape index (κ3) is 2.84. The summed E-state index contributed by atoms with van der Waals surface area (Å²) in [5.41, 5.74) is 1.81. The second-order valence-corrected chi connectivity index (χ2v) is 6.39. The SMILES string of the molecule is Cc1ccc2c(C(=O)N3CCOCC3CC(=O)O)csc2c1. The molecule has 1 fully saturated rings. The number of carbonyl (C=O) groups excluding carboxylic acids is 1. The number of benzene rings is 1. The Morgan fingerprint density at radius 2 is 2.27 bits per heavy atom. The summed E-state index contributed by atoms with van der Waals surface area (Å²) in [4.78, 5) is 25.5. The highest BCUT2D eigenvalue weighted by atomic mass is 32.1. The van der Waals surface area contributed by atoms with Gasteiger partial charge in [0.2, 0.25) is 0 Å². The number of hydrogen-bond donors (Lipinski definition) is 1. The Morgan fingerprint density at radius 1 is 1.45 bits per heavy atom. The molecule has 0 aliphatic carbocycles. The molecular weight excluding hydrogens is 302 g/mol. The Kier molecular flexibility index (Phi) is 4.13. The van der Waals surface area contributed by atoms with Crippen molar-refractivity contribution >= 4 is 33.3 Å². The van der Waals surface area contributed by atoms with E-state index in [9.17, 15) is 9.59 Å². The van der Waals surface area contributed by atoms with Gasteiger partial charge in [0.05, 0.1) is 31.2 Å². The van der Waals surface area contributed by atoms with E-state index in [2.05, 4.69) is 6.07 Å². The molecule has 1 amide bonds. The van der Waals surface area contributed by atoms with Gasteiger partial charge < -0.3 is 14.7 Å². The molecule has 1 aromatic heterocycles. The van der Waals surface area contributed by atoms with Crippen LogP contribution in [0, 0.1) is 6.92 Å². The zero-order valence-electron chi connectivity index (χ0n) is 12.2. The normalized spacial score (nSPS) is 18.6. The monoisotopic (exact) mass is 319 g/mol. The molecule has 116 valence electrons. The lowest BCUT2D eigenvalue weighted by Crippen LogP contribution is -2.49. The van der Waals surface area contributed by atoms with Gasteiger partial charge in [-0.3, -0.25) is 9.59 Å². The Hall–Kier alpha value is -1.92. The molecule has 1 aliphatic heterocycles. The van der Waals surface area contributed by atoms with Gasteiger partial charge in [-0.15, -0.1) is 11.3 Å². The maximum Gasteiger partial charge on any atom is 0.305 e. The number of aryl methyl sites for hydroxylation is 1. The first-order valence-corrected chi connectivity index (χ1v) is 8.02. The van der Waals surface area contributed by atoms with Crippen molar-refractivity contribution in [3.8, 4) is 0 Å². The van der Waals surface area contributed by atoms with Crippen molar-refractivity contribution < 1.29 is 19.4 Å². The third-order valence-corrected chi connectivity index (χ3v) is 4.81. The molecule has 0 radical (unpaired) electrons. The highest BCUT2D eigenvalue weighted by Gasteiger charge is 2.30. The van der Waals surface area contributed by atoms with Gasteiger partial charge in [0.1, 0.15) is 0 Å². The Bertz CT molecular complexity index is 724. The predicted molar refractivity (Wildman–Crippen MR) is 84.5 cm³/mol. The molecule has 6 heteroatoms. The molecule has 0 saturated carbocycles. The summed E-state index contributed by atoms with van der Waals surface area (Å²) in [5.74, 6) is -1.02. The zero-order chi connectivity index (χ0) is 15.7. The number of carboxylic acid groups (broad SMARTS) is 1. The van der Waals surface area contributed by atoms with Crippen LogP contribution in [0.3, 0.4) is 0 Å². The van der Waals surface area contributed by atoms with Crippen LogP contribution in [-0.4, -0.2) is 47.7 Å². The number of amides is 1. The molecular formula is C16H17NO4S. The number of thiophene rings is 1. The van der Waals surface area contributed by atoms with Crippen LogP contribution < -0.4 is 0 Å². The summed E-state index contributed by atoms with van der Waals surface area (Å²) in [6.45, 7) is 3.17. The Labute approximate surface area is 132 Å². The zero-order valence-corrected chi connectivity index (χ0v) is 13.1. The van der Waals surface area contributed by atoms with Gasteiger partial charge in [0.25, 0.3) is 5.91 Å². The van der Waals surface area contributed by atoms with Gasteiger partial charge in [0, 0.05) is 22.0 Å². The second-order valence-electron chi connectivity index (χ2n) is 5.47. The first-order valence-electron chi connectivity index (χ1n) is 7.14. The summed E-state index contributed by atoms with van der Waals surface area (Å²) in [6.07, 6.45) is -0.0904. The van der Waals surface area contributed by atoms with Crippen LogP contribution in [-0.2, 0) is 9.53 Å². The minimum atomic E-state index is -0.917. The number of carbonyl (C=O) groups is 2. The molecule has 1 N–H and O–H groups in total. The van der Waals surface area contributed by atoms with Crippen molar-refractivity contribution in [3.05, 3.63) is 34.7 Å². The molecule has 0 spiro atoms. The van der Waals surface area contributed by atoms with Crippen molar-refractivity contribution in [2.45, 2.75) is 19.4 Å². The fraction of sp³-hybridized carbons (Fsp3) is 0.375. The van der Waals surface area contributed by atoms with Crippen LogP contribution in [0.1, 0.15) is 22.3 Å². The van der Waals surface area contributed by atoms with Gasteiger partial charge in [0.15, 0.2) is 0 Å². The number of hydrogen-bond acceptors (Lipinski definition) is 4. The lowest BCUT2D eigenvalue weighted by atomic mass is 10.1. The summed E-state index contributed by atoms with van der Waals surface area (Å²) < 4.78 is 6.40. The maximum atomic E-state index is 12.8. The van der Waals surface area contributed by atoms with E-state index in [4.69, 9.17) is 9.84 Å². The molecule has 2 heterocycles. The second kappa shape index (κ2) is 6.06. The van der Waals surface area contributed by atoms with Crippen LogP contribution in [0.15, 0.2) is 23.6 Å². The standard InChI is InChI=1S/C16H17NO4S/c1-10-2-3-12-13(9-22-14(12)6-10)16(20)17-4-5-21-8-11(17)7-15(18)19/h2-3,6,9,11H,4-5,7-8H2,1H3,(H,18,19). The molecule has 2 aromatic rings. The summed E-state index contributed by atoms with van der Waals surface area (Å²) in [6, 6.07) is 5.60. The van der Waals surface area contributed by atoms with Crippen molar-refractivity contribution in [1.29, 1.82) is 0 Å². The number of rotatable bonds is 3. The van der Waals surface area contributed by atoms with E-state index in [1.165, 1.54) is 0 Å². The van der Waals surface area contributed by atoms with E-state index < -0.39 is 12.0 Å². The van der Waals surface area contributed by atoms with Crippen molar-refractivity contribution in [2.24, 2.45) is 0 Å². The molecule has 22 heavy (non-hydrogen) atoms. The number of nitrogens with zero attached hydrogens (tertiary/aromatic N) is 1. The fourth-order valence-corrected chi connectivity index (χ4v) is 3.78. The van der Waals surface area contributed by atoms with Crippen LogP contribution in [0.4, 0.5) is 0 Å². The maximum absolute atomic E-state index is 12.8. The summed E-state index contributed by atoms with van der Waals surface area (Å²) in [5, 5.41) is 11.8. The van der Waals surface area contributed by atoms with E-state index in [1.807, 2.05) is 24.4 Å².